The second-order valence-electron chi connectivity index (χ2n) is 6.24. The van der Waals surface area contributed by atoms with Crippen molar-refractivity contribution >= 4 is 15.8 Å². The molecular formula is C19H22O4S. The molecule has 128 valence electrons. The number of rotatable bonds is 6. The minimum atomic E-state index is -3.08. The van der Waals surface area contributed by atoms with E-state index >= 15 is 0 Å². The minimum Gasteiger partial charge on any atom is -0.457 e. The van der Waals surface area contributed by atoms with E-state index in [0.717, 1.165) is 5.56 Å². The number of benzene rings is 2. The minimum absolute atomic E-state index is 0.0372. The first kappa shape index (κ1) is 18.2. The molecule has 0 aliphatic carbocycles. The van der Waals surface area contributed by atoms with Crippen LogP contribution in [-0.2, 0) is 26.9 Å². The molecule has 0 saturated carbocycles. The van der Waals surface area contributed by atoms with Crippen LogP contribution in [0.15, 0.2) is 48.5 Å². The Bertz CT molecular complexity index is 788. The Morgan fingerprint density at radius 2 is 1.50 bits per heavy atom. The summed E-state index contributed by atoms with van der Waals surface area (Å²) in [7, 11) is -3.08. The zero-order chi connectivity index (χ0) is 17.7. The molecule has 0 aliphatic rings. The largest absolute Gasteiger partial charge is 0.457 e. The van der Waals surface area contributed by atoms with Crippen molar-refractivity contribution in [2.24, 2.45) is 0 Å². The second-order valence-corrected chi connectivity index (χ2v) is 8.38. The highest BCUT2D eigenvalue weighted by Gasteiger charge is 2.09. The standard InChI is InChI=1S/C19H22O4S/c1-14(2)17-8-4-15(5-9-17)12-23-19(20)18-10-6-16(7-11-18)13-24(3,21)22/h4-11,14H,12-13H2,1-3H3. The predicted molar refractivity (Wildman–Crippen MR) is 94.6 cm³/mol. The molecule has 2 aromatic rings. The summed E-state index contributed by atoms with van der Waals surface area (Å²) in [4.78, 5) is 12.0. The first-order valence-electron chi connectivity index (χ1n) is 7.77. The molecule has 0 N–H and O–H groups in total. The van der Waals surface area contributed by atoms with Crippen molar-refractivity contribution in [2.45, 2.75) is 32.1 Å². The summed E-state index contributed by atoms with van der Waals surface area (Å²) >= 11 is 0. The lowest BCUT2D eigenvalue weighted by molar-refractivity contribution is 0.0472. The smallest absolute Gasteiger partial charge is 0.338 e. The van der Waals surface area contributed by atoms with Crippen molar-refractivity contribution in [3.05, 3.63) is 70.8 Å². The maximum absolute atomic E-state index is 12.0. The molecule has 0 bridgehead atoms. The molecule has 0 amide bonds. The van der Waals surface area contributed by atoms with Gasteiger partial charge in [0.2, 0.25) is 0 Å². The predicted octanol–water partition coefficient (Wildman–Crippen LogP) is 3.71. The van der Waals surface area contributed by atoms with Crippen LogP contribution in [0.4, 0.5) is 0 Å². The zero-order valence-electron chi connectivity index (χ0n) is 14.2. The molecular weight excluding hydrogens is 324 g/mol. The Balaban J connectivity index is 1.94. The van der Waals surface area contributed by atoms with Crippen LogP contribution in [0.1, 0.15) is 46.8 Å². The maximum Gasteiger partial charge on any atom is 0.338 e. The van der Waals surface area contributed by atoms with Gasteiger partial charge in [-0.1, -0.05) is 50.2 Å². The van der Waals surface area contributed by atoms with Crippen LogP contribution in [0.5, 0.6) is 0 Å². The van der Waals surface area contributed by atoms with Gasteiger partial charge < -0.3 is 4.74 Å². The lowest BCUT2D eigenvalue weighted by Gasteiger charge is -2.08. The van der Waals surface area contributed by atoms with E-state index in [1.807, 2.05) is 24.3 Å². The Hall–Kier alpha value is -2.14. The van der Waals surface area contributed by atoms with Gasteiger partial charge in [-0.05, 0) is 34.7 Å². The molecule has 0 aromatic heterocycles. The van der Waals surface area contributed by atoms with Gasteiger partial charge in [-0.2, -0.15) is 0 Å². The van der Waals surface area contributed by atoms with Crippen LogP contribution in [0.25, 0.3) is 0 Å². The fourth-order valence-electron chi connectivity index (χ4n) is 2.27. The molecule has 0 aliphatic heterocycles. The van der Waals surface area contributed by atoms with E-state index in [9.17, 15) is 13.2 Å². The summed E-state index contributed by atoms with van der Waals surface area (Å²) in [5.41, 5.74) is 3.23. The molecule has 0 heterocycles. The molecule has 0 saturated heterocycles. The van der Waals surface area contributed by atoms with Crippen molar-refractivity contribution in [1.29, 1.82) is 0 Å². The van der Waals surface area contributed by atoms with E-state index in [-0.39, 0.29) is 12.4 Å². The first-order chi connectivity index (χ1) is 11.2. The van der Waals surface area contributed by atoms with Gasteiger partial charge in [0.05, 0.1) is 11.3 Å². The molecule has 0 radical (unpaired) electrons. The van der Waals surface area contributed by atoms with Gasteiger partial charge in [-0.15, -0.1) is 0 Å². The van der Waals surface area contributed by atoms with Crippen LogP contribution in [-0.4, -0.2) is 20.6 Å². The van der Waals surface area contributed by atoms with E-state index in [1.54, 1.807) is 24.3 Å². The summed E-state index contributed by atoms with van der Waals surface area (Å²) in [6.45, 7) is 4.47. The van der Waals surface area contributed by atoms with Crippen LogP contribution >= 0.6 is 0 Å². The fraction of sp³-hybridized carbons (Fsp3) is 0.316. The molecule has 2 aromatic carbocycles. The molecule has 0 atom stereocenters. The summed E-state index contributed by atoms with van der Waals surface area (Å²) in [5, 5.41) is 0. The van der Waals surface area contributed by atoms with Crippen molar-refractivity contribution in [2.75, 3.05) is 6.26 Å². The average molecular weight is 346 g/mol. The highest BCUT2D eigenvalue weighted by atomic mass is 32.2. The number of sulfone groups is 1. The van der Waals surface area contributed by atoms with Gasteiger partial charge in [0.25, 0.3) is 0 Å². The fourth-order valence-corrected chi connectivity index (χ4v) is 3.07. The third kappa shape index (κ3) is 5.49. The third-order valence-electron chi connectivity index (χ3n) is 3.63. The molecule has 0 unspecified atom stereocenters. The van der Waals surface area contributed by atoms with E-state index in [1.165, 1.54) is 11.8 Å². The Morgan fingerprint density at radius 3 is 2.00 bits per heavy atom. The van der Waals surface area contributed by atoms with E-state index < -0.39 is 15.8 Å². The molecule has 24 heavy (non-hydrogen) atoms. The number of carbonyl (C=O) groups excluding carboxylic acids is 1. The van der Waals surface area contributed by atoms with Crippen molar-refractivity contribution in [3.8, 4) is 0 Å². The molecule has 2 rings (SSSR count). The lowest BCUT2D eigenvalue weighted by Crippen LogP contribution is -2.06. The van der Waals surface area contributed by atoms with E-state index in [4.69, 9.17) is 4.74 Å². The number of carbonyl (C=O) groups is 1. The topological polar surface area (TPSA) is 60.4 Å². The first-order valence-corrected chi connectivity index (χ1v) is 9.83. The summed E-state index contributed by atoms with van der Waals surface area (Å²) < 4.78 is 27.8. The number of esters is 1. The molecule has 0 spiro atoms. The summed E-state index contributed by atoms with van der Waals surface area (Å²) in [6, 6.07) is 14.4. The zero-order valence-corrected chi connectivity index (χ0v) is 15.0. The van der Waals surface area contributed by atoms with Crippen LogP contribution in [0.2, 0.25) is 0 Å². The highest BCUT2D eigenvalue weighted by Crippen LogP contribution is 2.16. The Labute approximate surface area is 143 Å². The van der Waals surface area contributed by atoms with Gasteiger partial charge >= 0.3 is 5.97 Å². The number of hydrogen-bond donors (Lipinski definition) is 0. The third-order valence-corrected chi connectivity index (χ3v) is 4.49. The monoisotopic (exact) mass is 346 g/mol. The Morgan fingerprint density at radius 1 is 0.958 bits per heavy atom. The quantitative estimate of drug-likeness (QED) is 0.748. The normalized spacial score (nSPS) is 11.5. The van der Waals surface area contributed by atoms with Gasteiger partial charge in [0, 0.05) is 6.26 Å². The summed E-state index contributed by atoms with van der Waals surface area (Å²) in [5.74, 6) is 0.00532. The lowest BCUT2D eigenvalue weighted by atomic mass is 10.0. The van der Waals surface area contributed by atoms with Crippen molar-refractivity contribution in [3.63, 3.8) is 0 Å². The van der Waals surface area contributed by atoms with Crippen LogP contribution < -0.4 is 0 Å². The highest BCUT2D eigenvalue weighted by molar-refractivity contribution is 7.89. The average Bonchev–Trinajstić information content (AvgIpc) is 2.52. The van der Waals surface area contributed by atoms with E-state index in [0.29, 0.717) is 17.0 Å². The van der Waals surface area contributed by atoms with E-state index in [2.05, 4.69) is 13.8 Å². The van der Waals surface area contributed by atoms with Gasteiger partial charge in [-0.25, -0.2) is 13.2 Å². The van der Waals surface area contributed by atoms with Crippen molar-refractivity contribution < 1.29 is 17.9 Å². The van der Waals surface area contributed by atoms with Crippen LogP contribution in [0.3, 0.4) is 0 Å². The molecule has 4 nitrogen and oxygen atoms in total. The molecule has 0 fully saturated rings. The summed E-state index contributed by atoms with van der Waals surface area (Å²) in [6.07, 6.45) is 1.18. The van der Waals surface area contributed by atoms with Gasteiger partial charge in [-0.3, -0.25) is 0 Å². The van der Waals surface area contributed by atoms with Gasteiger partial charge in [0.15, 0.2) is 9.84 Å². The maximum atomic E-state index is 12.0. The van der Waals surface area contributed by atoms with Crippen molar-refractivity contribution in [1.82, 2.24) is 0 Å². The van der Waals surface area contributed by atoms with Crippen LogP contribution in [0, 0.1) is 0 Å². The number of ether oxygens (including phenoxy) is 1. The number of hydrogen-bond acceptors (Lipinski definition) is 4. The second kappa shape index (κ2) is 7.62. The molecule has 5 heteroatoms. The van der Waals surface area contributed by atoms with Gasteiger partial charge in [0.1, 0.15) is 6.61 Å². The SMILES string of the molecule is CC(C)c1ccc(COC(=O)c2ccc(CS(C)(=O)=O)cc2)cc1. The Kier molecular flexibility index (Phi) is 5.78.